The summed E-state index contributed by atoms with van der Waals surface area (Å²) in [7, 11) is -0.912. The molecule has 2 rings (SSSR count). The maximum Gasteiger partial charge on any atom is 0.243 e. The summed E-state index contributed by atoms with van der Waals surface area (Å²) in [5, 5.41) is 0. The highest BCUT2D eigenvalue weighted by Gasteiger charge is 2.27. The quantitative estimate of drug-likeness (QED) is 0.759. The third-order valence-corrected chi connectivity index (χ3v) is 6.53. The molecule has 0 saturated heterocycles. The van der Waals surface area contributed by atoms with Gasteiger partial charge >= 0.3 is 0 Å². The van der Waals surface area contributed by atoms with Crippen LogP contribution < -0.4 is 0 Å². The number of sulfonamides is 1. The topological polar surface area (TPSA) is 57.7 Å². The van der Waals surface area contributed by atoms with Crippen molar-refractivity contribution in [3.05, 3.63) is 64.5 Å². The summed E-state index contributed by atoms with van der Waals surface area (Å²) < 4.78 is 40.7. The van der Waals surface area contributed by atoms with Crippen LogP contribution >= 0.6 is 0 Å². The second-order valence-corrected chi connectivity index (χ2v) is 8.81. The molecule has 0 aliphatic heterocycles. The third-order valence-electron chi connectivity index (χ3n) is 4.42. The number of carbonyl (C=O) groups is 1. The molecule has 0 heterocycles. The third kappa shape index (κ3) is 4.73. The highest BCUT2D eigenvalue weighted by atomic mass is 32.2. The van der Waals surface area contributed by atoms with Crippen molar-refractivity contribution in [3.8, 4) is 0 Å². The van der Waals surface area contributed by atoms with Gasteiger partial charge in [-0.2, -0.15) is 4.31 Å². The second-order valence-electron chi connectivity index (χ2n) is 6.83. The molecule has 0 atom stereocenters. The molecule has 7 heteroatoms. The van der Waals surface area contributed by atoms with Crippen LogP contribution in [0.4, 0.5) is 4.39 Å². The first kappa shape index (κ1) is 21.1. The Morgan fingerprint density at radius 1 is 1.04 bits per heavy atom. The second kappa shape index (κ2) is 8.19. The molecular weight excluding hydrogens is 367 g/mol. The van der Waals surface area contributed by atoms with Gasteiger partial charge in [0.1, 0.15) is 5.82 Å². The van der Waals surface area contributed by atoms with Crippen molar-refractivity contribution >= 4 is 15.9 Å². The molecule has 0 spiro atoms. The van der Waals surface area contributed by atoms with Crippen LogP contribution in [0.3, 0.4) is 0 Å². The van der Waals surface area contributed by atoms with Gasteiger partial charge in [0.05, 0.1) is 11.4 Å². The summed E-state index contributed by atoms with van der Waals surface area (Å²) in [6.45, 7) is 5.14. The van der Waals surface area contributed by atoms with Crippen LogP contribution in [-0.4, -0.2) is 44.2 Å². The van der Waals surface area contributed by atoms with Crippen molar-refractivity contribution in [1.29, 1.82) is 0 Å². The minimum atomic E-state index is -3.81. The Morgan fingerprint density at radius 3 is 2.15 bits per heavy atom. The molecule has 2 aromatic rings. The molecule has 0 fully saturated rings. The normalized spacial score (nSPS) is 11.7. The Morgan fingerprint density at radius 2 is 1.59 bits per heavy atom. The van der Waals surface area contributed by atoms with Crippen molar-refractivity contribution < 1.29 is 17.6 Å². The lowest BCUT2D eigenvalue weighted by atomic mass is 10.1. The molecule has 0 aromatic heterocycles. The predicted octanol–water partition coefficient (Wildman–Crippen LogP) is 3.03. The fraction of sp³-hybridized carbons (Fsp3) is 0.350. The maximum absolute atomic E-state index is 13.8. The van der Waals surface area contributed by atoms with E-state index in [1.165, 1.54) is 25.1 Å². The van der Waals surface area contributed by atoms with Crippen LogP contribution in [0.25, 0.3) is 0 Å². The van der Waals surface area contributed by atoms with Gasteiger partial charge in [0.15, 0.2) is 0 Å². The molecule has 0 bridgehead atoms. The smallest absolute Gasteiger partial charge is 0.243 e. The molecule has 27 heavy (non-hydrogen) atoms. The van der Waals surface area contributed by atoms with Crippen molar-refractivity contribution in [2.75, 3.05) is 20.6 Å². The molecule has 2 aromatic carbocycles. The van der Waals surface area contributed by atoms with Gasteiger partial charge in [0.25, 0.3) is 0 Å². The molecule has 1 amide bonds. The average Bonchev–Trinajstić information content (AvgIpc) is 2.55. The van der Waals surface area contributed by atoms with Gasteiger partial charge in [-0.05, 0) is 38.0 Å². The Kier molecular flexibility index (Phi) is 6.38. The zero-order chi connectivity index (χ0) is 20.4. The van der Waals surface area contributed by atoms with E-state index in [0.717, 1.165) is 9.87 Å². The SMILES string of the molecule is Cc1cc(C)c(S(=O)(=O)N(C)CC(=O)N(C)Cc2ccccc2F)c(C)c1. The van der Waals surface area contributed by atoms with E-state index in [9.17, 15) is 17.6 Å². The lowest BCUT2D eigenvalue weighted by molar-refractivity contribution is -0.130. The number of carbonyl (C=O) groups excluding carboxylic acids is 1. The lowest BCUT2D eigenvalue weighted by Gasteiger charge is -2.23. The van der Waals surface area contributed by atoms with Crippen LogP contribution in [0.1, 0.15) is 22.3 Å². The number of halogens is 1. The summed E-state index contributed by atoms with van der Waals surface area (Å²) in [5.74, 6) is -0.809. The molecule has 0 radical (unpaired) electrons. The first-order valence-corrected chi connectivity index (χ1v) is 9.99. The van der Waals surface area contributed by atoms with E-state index < -0.39 is 21.7 Å². The van der Waals surface area contributed by atoms with Gasteiger partial charge in [0.2, 0.25) is 15.9 Å². The van der Waals surface area contributed by atoms with E-state index in [-0.39, 0.29) is 18.0 Å². The lowest BCUT2D eigenvalue weighted by Crippen LogP contribution is -2.39. The fourth-order valence-corrected chi connectivity index (χ4v) is 4.62. The summed E-state index contributed by atoms with van der Waals surface area (Å²) in [6, 6.07) is 9.80. The van der Waals surface area contributed by atoms with Crippen LogP contribution in [0.5, 0.6) is 0 Å². The van der Waals surface area contributed by atoms with Gasteiger partial charge < -0.3 is 4.90 Å². The number of benzene rings is 2. The van der Waals surface area contributed by atoms with Crippen LogP contribution in [0, 0.1) is 26.6 Å². The molecule has 0 aliphatic carbocycles. The minimum Gasteiger partial charge on any atom is -0.340 e. The molecule has 0 N–H and O–H groups in total. The molecule has 0 aliphatic rings. The molecule has 0 unspecified atom stereocenters. The van der Waals surface area contributed by atoms with Crippen LogP contribution in [-0.2, 0) is 21.4 Å². The van der Waals surface area contributed by atoms with Gasteiger partial charge in [-0.1, -0.05) is 35.9 Å². The molecular formula is C20H25FN2O3S. The summed E-state index contributed by atoms with van der Waals surface area (Å²) in [6.07, 6.45) is 0. The molecule has 146 valence electrons. The highest BCUT2D eigenvalue weighted by molar-refractivity contribution is 7.89. The standard InChI is InChI=1S/C20H25FN2O3S/c1-14-10-15(2)20(16(3)11-14)27(25,26)23(5)13-19(24)22(4)12-17-8-6-7-9-18(17)21/h6-11H,12-13H2,1-5H3. The van der Waals surface area contributed by atoms with Gasteiger partial charge in [-0.25, -0.2) is 12.8 Å². The summed E-state index contributed by atoms with van der Waals surface area (Å²) in [4.78, 5) is 14.0. The van der Waals surface area contributed by atoms with Gasteiger partial charge in [-0.3, -0.25) is 4.79 Å². The van der Waals surface area contributed by atoms with Crippen molar-refractivity contribution in [2.45, 2.75) is 32.2 Å². The monoisotopic (exact) mass is 392 g/mol. The van der Waals surface area contributed by atoms with E-state index in [1.807, 2.05) is 6.92 Å². The largest absolute Gasteiger partial charge is 0.340 e. The first-order chi connectivity index (χ1) is 12.5. The first-order valence-electron chi connectivity index (χ1n) is 8.55. The zero-order valence-corrected chi connectivity index (χ0v) is 17.1. The molecule has 5 nitrogen and oxygen atoms in total. The van der Waals surface area contributed by atoms with Gasteiger partial charge in [-0.15, -0.1) is 0 Å². The van der Waals surface area contributed by atoms with Crippen molar-refractivity contribution in [3.63, 3.8) is 0 Å². The van der Waals surface area contributed by atoms with E-state index in [0.29, 0.717) is 16.7 Å². The highest BCUT2D eigenvalue weighted by Crippen LogP contribution is 2.24. The van der Waals surface area contributed by atoms with E-state index in [4.69, 9.17) is 0 Å². The molecule has 0 saturated carbocycles. The summed E-state index contributed by atoms with van der Waals surface area (Å²) in [5.41, 5.74) is 2.65. The van der Waals surface area contributed by atoms with Crippen LogP contribution in [0.15, 0.2) is 41.3 Å². The maximum atomic E-state index is 13.8. The fourth-order valence-electron chi connectivity index (χ4n) is 3.10. The Labute approximate surface area is 160 Å². The van der Waals surface area contributed by atoms with E-state index >= 15 is 0 Å². The van der Waals surface area contributed by atoms with Gasteiger partial charge in [0, 0.05) is 26.2 Å². The summed E-state index contributed by atoms with van der Waals surface area (Å²) >= 11 is 0. The van der Waals surface area contributed by atoms with Crippen molar-refractivity contribution in [2.24, 2.45) is 0 Å². The van der Waals surface area contributed by atoms with Crippen LogP contribution in [0.2, 0.25) is 0 Å². The number of nitrogens with zero attached hydrogens (tertiary/aromatic N) is 2. The number of hydrogen-bond donors (Lipinski definition) is 0. The Balaban J connectivity index is 2.17. The Hall–Kier alpha value is -2.25. The number of aryl methyl sites for hydroxylation is 3. The Bertz CT molecular complexity index is 934. The predicted molar refractivity (Wildman–Crippen MR) is 103 cm³/mol. The number of rotatable bonds is 6. The number of amides is 1. The number of hydrogen-bond acceptors (Lipinski definition) is 3. The average molecular weight is 392 g/mol. The minimum absolute atomic E-state index is 0.0714. The van der Waals surface area contributed by atoms with E-state index in [1.54, 1.807) is 44.2 Å². The van der Waals surface area contributed by atoms with Crippen molar-refractivity contribution in [1.82, 2.24) is 9.21 Å². The zero-order valence-electron chi connectivity index (χ0n) is 16.3. The number of likely N-dealkylation sites (N-methyl/N-ethyl adjacent to an activating group) is 2. The van der Waals surface area contributed by atoms with E-state index in [2.05, 4.69) is 0 Å².